The van der Waals surface area contributed by atoms with Gasteiger partial charge in [0.2, 0.25) is 0 Å². The molecule has 0 spiro atoms. The van der Waals surface area contributed by atoms with Crippen LogP contribution in [0.4, 0.5) is 0 Å². The van der Waals surface area contributed by atoms with Gasteiger partial charge in [0.1, 0.15) is 19.8 Å². The first-order chi connectivity index (χ1) is 8.90. The molecule has 0 fully saturated rings. The molecule has 0 atom stereocenters. The van der Waals surface area contributed by atoms with Gasteiger partial charge in [-0.1, -0.05) is 30.3 Å². The van der Waals surface area contributed by atoms with E-state index in [2.05, 4.69) is 0 Å². The summed E-state index contributed by atoms with van der Waals surface area (Å²) in [6, 6.07) is 7.91. The number of benzene rings is 1. The van der Waals surface area contributed by atoms with Crippen molar-refractivity contribution in [2.24, 2.45) is 0 Å². The molecular formula is C14H18O4. The quantitative estimate of drug-likeness (QED) is 0.524. The first kappa shape index (κ1) is 13.2. The van der Waals surface area contributed by atoms with Crippen LogP contribution in [0.15, 0.2) is 35.9 Å². The van der Waals surface area contributed by atoms with Gasteiger partial charge in [-0.15, -0.1) is 0 Å². The first-order valence-electron chi connectivity index (χ1n) is 6.10. The third-order valence-corrected chi connectivity index (χ3v) is 2.87. The molecular weight excluding hydrogens is 232 g/mol. The molecule has 0 saturated heterocycles. The Balaban J connectivity index is 2.01. The van der Waals surface area contributed by atoms with E-state index >= 15 is 0 Å². The van der Waals surface area contributed by atoms with E-state index in [0.29, 0.717) is 26.4 Å². The standard InChI is InChI=1S/C14H18O4/c1-2-12-7-8-15-17-10-13-5-3-4-6-14(13)11-18-16-9-12/h2-6H,7-11H2,1H3/b12-2-. The van der Waals surface area contributed by atoms with Crippen LogP contribution in [-0.2, 0) is 32.8 Å². The summed E-state index contributed by atoms with van der Waals surface area (Å²) in [6.45, 7) is 3.79. The number of hydrogen-bond acceptors (Lipinski definition) is 4. The SMILES string of the molecule is C/C=C1/CCOOCc2ccccc2COOC1. The molecule has 2 rings (SSSR count). The van der Waals surface area contributed by atoms with Crippen molar-refractivity contribution >= 4 is 0 Å². The van der Waals surface area contributed by atoms with E-state index in [9.17, 15) is 0 Å². The minimum Gasteiger partial charge on any atom is -0.236 e. The van der Waals surface area contributed by atoms with Gasteiger partial charge in [0.15, 0.2) is 0 Å². The molecule has 98 valence electrons. The zero-order valence-corrected chi connectivity index (χ0v) is 10.6. The topological polar surface area (TPSA) is 36.9 Å². The lowest BCUT2D eigenvalue weighted by Gasteiger charge is -2.13. The van der Waals surface area contributed by atoms with Crippen molar-refractivity contribution in [3.63, 3.8) is 0 Å². The molecule has 18 heavy (non-hydrogen) atoms. The highest BCUT2D eigenvalue weighted by atomic mass is 17.2. The summed E-state index contributed by atoms with van der Waals surface area (Å²) in [4.78, 5) is 20.8. The normalized spacial score (nSPS) is 20.8. The Kier molecular flexibility index (Phi) is 5.36. The number of allylic oxidation sites excluding steroid dienone is 1. The van der Waals surface area contributed by atoms with Crippen molar-refractivity contribution < 1.29 is 19.6 Å². The summed E-state index contributed by atoms with van der Waals surface area (Å²) in [5.41, 5.74) is 3.23. The Hall–Kier alpha value is -1.20. The molecule has 1 heterocycles. The average molecular weight is 250 g/mol. The third-order valence-electron chi connectivity index (χ3n) is 2.87. The van der Waals surface area contributed by atoms with Gasteiger partial charge < -0.3 is 0 Å². The molecule has 0 bridgehead atoms. The molecule has 1 aromatic rings. The Morgan fingerprint density at radius 2 is 1.50 bits per heavy atom. The molecule has 0 amide bonds. The van der Waals surface area contributed by atoms with E-state index in [4.69, 9.17) is 19.6 Å². The summed E-state index contributed by atoms with van der Waals surface area (Å²) in [5, 5.41) is 0. The predicted molar refractivity (Wildman–Crippen MR) is 66.3 cm³/mol. The maximum Gasteiger partial charge on any atom is 0.108 e. The van der Waals surface area contributed by atoms with Gasteiger partial charge in [-0.2, -0.15) is 0 Å². The highest BCUT2D eigenvalue weighted by molar-refractivity contribution is 5.25. The van der Waals surface area contributed by atoms with Gasteiger partial charge in [-0.3, -0.25) is 0 Å². The van der Waals surface area contributed by atoms with Gasteiger partial charge in [-0.25, -0.2) is 19.6 Å². The van der Waals surface area contributed by atoms with E-state index in [1.807, 2.05) is 37.3 Å². The molecule has 0 radical (unpaired) electrons. The highest BCUT2D eigenvalue weighted by Gasteiger charge is 2.06. The molecule has 0 unspecified atom stereocenters. The van der Waals surface area contributed by atoms with Crippen LogP contribution in [0.1, 0.15) is 24.5 Å². The van der Waals surface area contributed by atoms with Crippen LogP contribution in [0.2, 0.25) is 0 Å². The molecule has 0 aromatic heterocycles. The fraction of sp³-hybridized carbons (Fsp3) is 0.429. The van der Waals surface area contributed by atoms with Crippen LogP contribution in [0, 0.1) is 0 Å². The van der Waals surface area contributed by atoms with Crippen molar-refractivity contribution in [1.82, 2.24) is 0 Å². The van der Waals surface area contributed by atoms with Crippen molar-refractivity contribution in [3.05, 3.63) is 47.0 Å². The van der Waals surface area contributed by atoms with Crippen LogP contribution in [0.5, 0.6) is 0 Å². The predicted octanol–water partition coefficient (Wildman–Crippen LogP) is 2.93. The van der Waals surface area contributed by atoms with Crippen molar-refractivity contribution in [3.8, 4) is 0 Å². The molecule has 4 heteroatoms. The van der Waals surface area contributed by atoms with E-state index in [1.165, 1.54) is 0 Å². The van der Waals surface area contributed by atoms with Crippen LogP contribution in [0.25, 0.3) is 0 Å². The fourth-order valence-corrected chi connectivity index (χ4v) is 1.70. The molecule has 0 N–H and O–H groups in total. The zero-order chi connectivity index (χ0) is 12.6. The Bertz CT molecular complexity index is 401. The van der Waals surface area contributed by atoms with Crippen LogP contribution in [-0.4, -0.2) is 13.2 Å². The van der Waals surface area contributed by atoms with E-state index in [1.54, 1.807) is 0 Å². The van der Waals surface area contributed by atoms with Gasteiger partial charge in [0.05, 0.1) is 6.61 Å². The van der Waals surface area contributed by atoms with Crippen LogP contribution < -0.4 is 0 Å². The molecule has 4 nitrogen and oxygen atoms in total. The second kappa shape index (κ2) is 7.28. The van der Waals surface area contributed by atoms with Gasteiger partial charge >= 0.3 is 0 Å². The molecule has 0 saturated carbocycles. The number of hydrogen-bond donors (Lipinski definition) is 0. The summed E-state index contributed by atoms with van der Waals surface area (Å²) in [6.07, 6.45) is 2.79. The summed E-state index contributed by atoms with van der Waals surface area (Å²) in [5.74, 6) is 0. The molecule has 1 aliphatic heterocycles. The second-order valence-corrected chi connectivity index (χ2v) is 4.07. The zero-order valence-electron chi connectivity index (χ0n) is 10.6. The Labute approximate surface area is 107 Å². The largest absolute Gasteiger partial charge is 0.236 e. The molecule has 1 aromatic carbocycles. The van der Waals surface area contributed by atoms with Crippen molar-refractivity contribution in [1.29, 1.82) is 0 Å². The minimum absolute atomic E-state index is 0.413. The smallest absolute Gasteiger partial charge is 0.108 e. The van der Waals surface area contributed by atoms with Gasteiger partial charge in [0, 0.05) is 0 Å². The van der Waals surface area contributed by atoms with Crippen molar-refractivity contribution in [2.75, 3.05) is 13.2 Å². The van der Waals surface area contributed by atoms with E-state index in [0.717, 1.165) is 23.1 Å². The van der Waals surface area contributed by atoms with Crippen LogP contribution in [0.3, 0.4) is 0 Å². The third kappa shape index (κ3) is 3.92. The van der Waals surface area contributed by atoms with Crippen LogP contribution >= 0.6 is 0 Å². The average Bonchev–Trinajstić information content (AvgIpc) is 2.40. The van der Waals surface area contributed by atoms with Gasteiger partial charge in [-0.05, 0) is 30.0 Å². The fourth-order valence-electron chi connectivity index (χ4n) is 1.70. The maximum absolute atomic E-state index is 5.23. The Morgan fingerprint density at radius 3 is 2.17 bits per heavy atom. The lowest BCUT2D eigenvalue weighted by atomic mass is 10.1. The highest BCUT2D eigenvalue weighted by Crippen LogP contribution is 2.13. The second-order valence-electron chi connectivity index (χ2n) is 4.07. The lowest BCUT2D eigenvalue weighted by molar-refractivity contribution is -0.311. The first-order valence-corrected chi connectivity index (χ1v) is 6.10. The molecule has 0 aliphatic carbocycles. The Morgan fingerprint density at radius 1 is 0.889 bits per heavy atom. The summed E-state index contributed by atoms with van der Waals surface area (Å²) in [7, 11) is 0. The van der Waals surface area contributed by atoms with E-state index in [-0.39, 0.29) is 0 Å². The number of rotatable bonds is 0. The van der Waals surface area contributed by atoms with E-state index < -0.39 is 0 Å². The maximum atomic E-state index is 5.23. The summed E-state index contributed by atoms with van der Waals surface area (Å²) < 4.78 is 0. The summed E-state index contributed by atoms with van der Waals surface area (Å²) >= 11 is 0. The monoisotopic (exact) mass is 250 g/mol. The number of fused-ring (bicyclic) bond motifs is 1. The van der Waals surface area contributed by atoms with Crippen molar-refractivity contribution in [2.45, 2.75) is 26.6 Å². The van der Waals surface area contributed by atoms with Gasteiger partial charge in [0.25, 0.3) is 0 Å². The minimum atomic E-state index is 0.413. The molecule has 1 aliphatic rings. The lowest BCUT2D eigenvalue weighted by Crippen LogP contribution is -2.08.